The first kappa shape index (κ1) is 58.2. The van der Waals surface area contributed by atoms with Crippen LogP contribution in [0.4, 0.5) is 0 Å². The van der Waals surface area contributed by atoms with Crippen molar-refractivity contribution in [2.24, 2.45) is 0 Å². The third kappa shape index (κ3) is 44.3. The van der Waals surface area contributed by atoms with Crippen molar-refractivity contribution in [1.82, 2.24) is 5.32 Å². The van der Waals surface area contributed by atoms with Gasteiger partial charge in [-0.05, 0) is 64.2 Å². The molecule has 0 fully saturated rings. The minimum atomic E-state index is -4.61. The summed E-state index contributed by atoms with van der Waals surface area (Å²) in [5, 5.41) is 13.8. The summed E-state index contributed by atoms with van der Waals surface area (Å²) in [5.41, 5.74) is 0. The third-order valence-electron chi connectivity index (χ3n) is 10.7. The van der Waals surface area contributed by atoms with Crippen LogP contribution >= 0.6 is 7.82 Å². The summed E-state index contributed by atoms with van der Waals surface area (Å²) < 4.78 is 23.2. The molecule has 0 aliphatic heterocycles. The number of nitrogens with one attached hydrogen (secondary N) is 1. The molecule has 0 spiro atoms. The van der Waals surface area contributed by atoms with Crippen LogP contribution in [0.3, 0.4) is 0 Å². The molecule has 0 aromatic heterocycles. The zero-order valence-corrected chi connectivity index (χ0v) is 40.5. The summed E-state index contributed by atoms with van der Waals surface area (Å²) in [6.45, 7) is 4.50. The van der Waals surface area contributed by atoms with Gasteiger partial charge in [-0.2, -0.15) is 0 Å². The van der Waals surface area contributed by atoms with Crippen LogP contribution in [0, 0.1) is 0 Å². The van der Waals surface area contributed by atoms with E-state index < -0.39 is 26.6 Å². The number of rotatable bonds is 44. The summed E-state index contributed by atoms with van der Waals surface area (Å²) in [6.07, 6.45) is 55.7. The van der Waals surface area contributed by atoms with Crippen molar-refractivity contribution in [2.45, 2.75) is 219 Å². The Morgan fingerprint density at radius 1 is 0.600 bits per heavy atom. The lowest BCUT2D eigenvalue weighted by atomic mass is 10.0. The Balaban J connectivity index is 4.38. The number of carbonyl (C=O) groups is 1. The number of unbranched alkanes of at least 4 members (excludes halogenated alkanes) is 23. The van der Waals surface area contributed by atoms with E-state index in [1.807, 2.05) is 27.2 Å². The largest absolute Gasteiger partial charge is 0.756 e. The lowest BCUT2D eigenvalue weighted by Crippen LogP contribution is -2.45. The minimum absolute atomic E-state index is 0.0123. The number of aliphatic hydroxyl groups excluding tert-OH is 1. The lowest BCUT2D eigenvalue weighted by Gasteiger charge is -2.29. The topological polar surface area (TPSA) is 108 Å². The van der Waals surface area contributed by atoms with Crippen LogP contribution in [0.15, 0.2) is 60.8 Å². The molecule has 8 nitrogen and oxygen atoms in total. The van der Waals surface area contributed by atoms with Crippen molar-refractivity contribution in [3.8, 4) is 0 Å². The fourth-order valence-electron chi connectivity index (χ4n) is 6.83. The first-order chi connectivity index (χ1) is 29.0. The molecule has 0 saturated heterocycles. The summed E-state index contributed by atoms with van der Waals surface area (Å²) in [7, 11) is 1.22. The molecule has 3 atom stereocenters. The van der Waals surface area contributed by atoms with E-state index in [4.69, 9.17) is 9.05 Å². The van der Waals surface area contributed by atoms with Crippen LogP contribution in [0.5, 0.6) is 0 Å². The van der Waals surface area contributed by atoms with Crippen molar-refractivity contribution in [3.63, 3.8) is 0 Å². The maximum absolute atomic E-state index is 12.9. The minimum Gasteiger partial charge on any atom is -0.756 e. The summed E-state index contributed by atoms with van der Waals surface area (Å²) in [4.78, 5) is 25.3. The summed E-state index contributed by atoms with van der Waals surface area (Å²) in [5.74, 6) is -0.226. The average molecular weight is 863 g/mol. The quantitative estimate of drug-likeness (QED) is 0.0273. The van der Waals surface area contributed by atoms with Gasteiger partial charge in [-0.1, -0.05) is 197 Å². The molecule has 0 saturated carbocycles. The highest BCUT2D eigenvalue weighted by atomic mass is 31.2. The van der Waals surface area contributed by atoms with Crippen LogP contribution in [0.2, 0.25) is 0 Å². The van der Waals surface area contributed by atoms with E-state index in [2.05, 4.69) is 67.8 Å². The molecule has 9 heteroatoms. The molecule has 1 amide bonds. The monoisotopic (exact) mass is 863 g/mol. The van der Waals surface area contributed by atoms with Gasteiger partial charge in [0.05, 0.1) is 39.9 Å². The number of amides is 1. The van der Waals surface area contributed by atoms with Gasteiger partial charge in [0.15, 0.2) is 0 Å². The highest BCUT2D eigenvalue weighted by Crippen LogP contribution is 2.38. The molecule has 0 aromatic rings. The number of nitrogens with zero attached hydrogens (tertiary/aromatic N) is 1. The molecule has 2 N–H and O–H groups in total. The number of hydrogen-bond acceptors (Lipinski definition) is 6. The standard InChI is InChI=1S/C51H95N2O6P/c1-6-8-10-12-14-16-18-20-22-23-24-25-26-27-28-29-31-32-34-36-38-40-42-44-50(54)49(48-59-60(56,57)58-47-46-53(3,4)5)52-51(55)45-43-41-39-37-35-33-30-21-19-17-15-13-11-9-7-2/h9,11,15,17,21,30,34,36,42,44,49-50,54H,6-8,10,12-14,16,18-20,22-29,31-33,35,37-41,43,45-48H2,1-5H3,(H-,52,55,56,57)/b11-9-,17-15-,30-21-,36-34+,44-42+. The maximum atomic E-state index is 12.9. The average Bonchev–Trinajstić information content (AvgIpc) is 3.20. The third-order valence-corrected chi connectivity index (χ3v) is 11.7. The molecule has 0 radical (unpaired) electrons. The Labute approximate surface area is 371 Å². The Hall–Kier alpha value is -1.80. The Bertz CT molecular complexity index is 1160. The van der Waals surface area contributed by atoms with E-state index in [9.17, 15) is 19.4 Å². The van der Waals surface area contributed by atoms with E-state index in [0.29, 0.717) is 17.4 Å². The van der Waals surface area contributed by atoms with Gasteiger partial charge < -0.3 is 28.8 Å². The molecule has 0 aliphatic carbocycles. The van der Waals surface area contributed by atoms with Crippen LogP contribution < -0.4 is 10.2 Å². The van der Waals surface area contributed by atoms with Crippen molar-refractivity contribution in [3.05, 3.63) is 60.8 Å². The van der Waals surface area contributed by atoms with E-state index in [-0.39, 0.29) is 12.5 Å². The molecule has 60 heavy (non-hydrogen) atoms. The van der Waals surface area contributed by atoms with Crippen molar-refractivity contribution in [1.29, 1.82) is 0 Å². The summed E-state index contributed by atoms with van der Waals surface area (Å²) >= 11 is 0. The second-order valence-electron chi connectivity index (χ2n) is 17.8. The van der Waals surface area contributed by atoms with Gasteiger partial charge in [0.1, 0.15) is 13.2 Å². The van der Waals surface area contributed by atoms with Gasteiger partial charge in [-0.25, -0.2) is 0 Å². The van der Waals surface area contributed by atoms with E-state index in [1.54, 1.807) is 6.08 Å². The maximum Gasteiger partial charge on any atom is 0.268 e. The van der Waals surface area contributed by atoms with Crippen LogP contribution in [0.25, 0.3) is 0 Å². The van der Waals surface area contributed by atoms with Gasteiger partial charge in [-0.15, -0.1) is 0 Å². The molecule has 0 bridgehead atoms. The SMILES string of the molecule is CC/C=C\C/C=C\C/C=C\CCCCCCCC(=O)NC(COP(=O)([O-])OCC[N+](C)(C)C)C(O)/C=C/CC/C=C/CCCCCCCCCCCCCCCCCCC. The fraction of sp³-hybridized carbons (Fsp3) is 0.784. The predicted octanol–water partition coefficient (Wildman–Crippen LogP) is 13.6. The van der Waals surface area contributed by atoms with Gasteiger partial charge in [0.2, 0.25) is 5.91 Å². The van der Waals surface area contributed by atoms with Gasteiger partial charge >= 0.3 is 0 Å². The molecule has 0 aliphatic rings. The zero-order valence-electron chi connectivity index (χ0n) is 39.6. The number of phosphoric acid groups is 1. The number of quaternary nitrogens is 1. The zero-order chi connectivity index (χ0) is 44.3. The van der Waals surface area contributed by atoms with Crippen molar-refractivity contribution >= 4 is 13.7 Å². The second-order valence-corrected chi connectivity index (χ2v) is 19.2. The molecule has 0 rings (SSSR count). The van der Waals surface area contributed by atoms with Crippen LogP contribution in [-0.4, -0.2) is 68.5 Å². The second kappa shape index (κ2) is 42.5. The van der Waals surface area contributed by atoms with Crippen molar-refractivity contribution in [2.75, 3.05) is 40.9 Å². The number of aliphatic hydroxyl groups is 1. The van der Waals surface area contributed by atoms with E-state index in [0.717, 1.165) is 77.0 Å². The molecule has 350 valence electrons. The predicted molar refractivity (Wildman–Crippen MR) is 256 cm³/mol. The molecule has 0 aromatic carbocycles. The normalized spacial score (nSPS) is 14.7. The fourth-order valence-corrected chi connectivity index (χ4v) is 7.55. The highest BCUT2D eigenvalue weighted by molar-refractivity contribution is 7.45. The van der Waals surface area contributed by atoms with Crippen LogP contribution in [0.1, 0.15) is 206 Å². The van der Waals surface area contributed by atoms with Gasteiger partial charge in [-0.3, -0.25) is 9.36 Å². The van der Waals surface area contributed by atoms with Crippen LogP contribution in [-0.2, 0) is 18.4 Å². The molecular weight excluding hydrogens is 768 g/mol. The Morgan fingerprint density at radius 2 is 1.03 bits per heavy atom. The van der Waals surface area contributed by atoms with E-state index in [1.165, 1.54) is 109 Å². The Morgan fingerprint density at radius 3 is 1.55 bits per heavy atom. The number of carbonyl (C=O) groups excluding carboxylic acids is 1. The van der Waals surface area contributed by atoms with Gasteiger partial charge in [0.25, 0.3) is 7.82 Å². The Kier molecular flexibility index (Phi) is 41.2. The van der Waals surface area contributed by atoms with Gasteiger partial charge in [0, 0.05) is 6.42 Å². The number of hydrogen-bond donors (Lipinski definition) is 2. The molecule has 3 unspecified atom stereocenters. The number of likely N-dealkylation sites (N-methyl/N-ethyl adjacent to an activating group) is 1. The first-order valence-electron chi connectivity index (χ1n) is 24.7. The molecule has 0 heterocycles. The lowest BCUT2D eigenvalue weighted by molar-refractivity contribution is -0.870. The summed E-state index contributed by atoms with van der Waals surface area (Å²) in [6, 6.07) is -0.914. The van der Waals surface area contributed by atoms with E-state index >= 15 is 0 Å². The molecular formula is C51H95N2O6P. The highest BCUT2D eigenvalue weighted by Gasteiger charge is 2.23. The smallest absolute Gasteiger partial charge is 0.268 e. The van der Waals surface area contributed by atoms with Crippen molar-refractivity contribution < 1.29 is 32.9 Å². The number of allylic oxidation sites excluding steroid dienone is 9. The number of phosphoric ester groups is 1. The first-order valence-corrected chi connectivity index (χ1v) is 26.1.